The Morgan fingerprint density at radius 3 is 2.47 bits per heavy atom. The molecule has 1 heterocycles. The van der Waals surface area contributed by atoms with Gasteiger partial charge in [-0.2, -0.15) is 0 Å². The number of carboxylic acid groups (broad SMARTS) is 1. The first kappa shape index (κ1) is 15.4. The van der Waals surface area contributed by atoms with Crippen molar-refractivity contribution in [3.63, 3.8) is 0 Å². The molecule has 0 saturated heterocycles. The second kappa shape index (κ2) is 6.47. The third-order valence-electron chi connectivity index (χ3n) is 2.84. The summed E-state index contributed by atoms with van der Waals surface area (Å²) in [6, 6.07) is 0. The maximum Gasteiger partial charge on any atom is 0.323 e. The van der Waals surface area contributed by atoms with E-state index in [2.05, 4.69) is 9.97 Å². The normalized spacial score (nSPS) is 13.6. The number of rotatable bonds is 6. The van der Waals surface area contributed by atoms with E-state index in [4.69, 9.17) is 16.3 Å². The molecule has 0 aliphatic heterocycles. The molecule has 19 heavy (non-hydrogen) atoms. The molecule has 0 aliphatic carbocycles. The van der Waals surface area contributed by atoms with Crippen molar-refractivity contribution < 1.29 is 19.4 Å². The van der Waals surface area contributed by atoms with Gasteiger partial charge in [0.05, 0.1) is 24.7 Å². The van der Waals surface area contributed by atoms with E-state index in [1.807, 2.05) is 0 Å². The molecule has 0 fully saturated rings. The first-order valence-corrected chi connectivity index (χ1v) is 6.21. The average molecular weight is 287 g/mol. The number of aromatic nitrogens is 2. The molecule has 1 aromatic heterocycles. The fraction of sp³-hybridized carbons (Fsp3) is 0.500. The zero-order valence-corrected chi connectivity index (χ0v) is 11.5. The van der Waals surface area contributed by atoms with Gasteiger partial charge in [-0.25, -0.2) is 4.98 Å². The number of nitrogens with zero attached hydrogens (tertiary/aromatic N) is 2. The molecule has 0 spiro atoms. The van der Waals surface area contributed by atoms with Crippen molar-refractivity contribution >= 4 is 23.5 Å². The highest BCUT2D eigenvalue weighted by Gasteiger charge is 2.46. The molecule has 0 aliphatic rings. The molecular weight excluding hydrogens is 272 g/mol. The van der Waals surface area contributed by atoms with Crippen molar-refractivity contribution in [2.75, 3.05) is 6.61 Å². The van der Waals surface area contributed by atoms with E-state index in [1.54, 1.807) is 13.8 Å². The van der Waals surface area contributed by atoms with Crippen LogP contribution in [0.2, 0.25) is 5.15 Å². The van der Waals surface area contributed by atoms with Crippen LogP contribution < -0.4 is 0 Å². The average Bonchev–Trinajstić information content (AvgIpc) is 2.38. The van der Waals surface area contributed by atoms with Crippen LogP contribution in [-0.4, -0.2) is 33.6 Å². The van der Waals surface area contributed by atoms with Crippen molar-refractivity contribution in [2.45, 2.75) is 26.7 Å². The van der Waals surface area contributed by atoms with Crippen LogP contribution in [0.5, 0.6) is 0 Å². The van der Waals surface area contributed by atoms with Gasteiger partial charge >= 0.3 is 11.9 Å². The van der Waals surface area contributed by atoms with Crippen molar-refractivity contribution in [1.29, 1.82) is 0 Å². The minimum absolute atomic E-state index is 0.0815. The molecule has 1 rings (SSSR count). The van der Waals surface area contributed by atoms with E-state index in [-0.39, 0.29) is 24.6 Å². The lowest BCUT2D eigenvalue weighted by molar-refractivity contribution is -0.169. The number of hydrogen-bond acceptors (Lipinski definition) is 5. The summed E-state index contributed by atoms with van der Waals surface area (Å²) >= 11 is 5.61. The molecule has 1 unspecified atom stereocenters. The molecule has 0 radical (unpaired) electrons. The number of aliphatic carboxylic acids is 1. The molecular formula is C12H15ClN2O4. The number of hydrogen-bond donors (Lipinski definition) is 1. The van der Waals surface area contributed by atoms with E-state index in [0.29, 0.717) is 5.69 Å². The highest BCUT2D eigenvalue weighted by atomic mass is 35.5. The summed E-state index contributed by atoms with van der Waals surface area (Å²) in [6.45, 7) is 3.37. The van der Waals surface area contributed by atoms with Crippen molar-refractivity contribution in [2.24, 2.45) is 5.41 Å². The second-order valence-electron chi connectivity index (χ2n) is 3.97. The maximum atomic E-state index is 11.9. The van der Waals surface area contributed by atoms with Crippen LogP contribution in [0.1, 0.15) is 26.0 Å². The van der Waals surface area contributed by atoms with Crippen LogP contribution in [0.25, 0.3) is 0 Å². The van der Waals surface area contributed by atoms with Crippen LogP contribution in [0.3, 0.4) is 0 Å². The number of carbonyl (C=O) groups excluding carboxylic acids is 1. The summed E-state index contributed by atoms with van der Waals surface area (Å²) in [5, 5.41) is 9.57. The van der Waals surface area contributed by atoms with Gasteiger partial charge in [-0.1, -0.05) is 18.5 Å². The zero-order chi connectivity index (χ0) is 14.5. The quantitative estimate of drug-likeness (QED) is 0.632. The highest BCUT2D eigenvalue weighted by Crippen LogP contribution is 2.29. The van der Waals surface area contributed by atoms with Gasteiger partial charge in [0.25, 0.3) is 0 Å². The Bertz CT molecular complexity index is 463. The first-order chi connectivity index (χ1) is 8.96. The predicted octanol–water partition coefficient (Wildman–Crippen LogP) is 1.72. The molecule has 1 N–H and O–H groups in total. The van der Waals surface area contributed by atoms with Gasteiger partial charge in [0, 0.05) is 6.42 Å². The summed E-state index contributed by atoms with van der Waals surface area (Å²) in [6.07, 6.45) is 2.69. The fourth-order valence-electron chi connectivity index (χ4n) is 1.66. The Kier molecular flexibility index (Phi) is 5.23. The van der Waals surface area contributed by atoms with Gasteiger partial charge in [-0.05, 0) is 13.3 Å². The number of ether oxygens (including phenoxy) is 1. The Morgan fingerprint density at radius 1 is 1.37 bits per heavy atom. The Morgan fingerprint density at radius 2 is 2.05 bits per heavy atom. The highest BCUT2D eigenvalue weighted by molar-refractivity contribution is 6.29. The molecule has 0 amide bonds. The number of halogens is 1. The van der Waals surface area contributed by atoms with E-state index < -0.39 is 17.4 Å². The SMILES string of the molecule is CCOC(=O)C(CC)(Cc1cnc(Cl)cn1)C(=O)O. The fourth-order valence-corrected chi connectivity index (χ4v) is 1.76. The van der Waals surface area contributed by atoms with Gasteiger partial charge in [0.15, 0.2) is 5.41 Å². The molecule has 1 aromatic rings. The van der Waals surface area contributed by atoms with E-state index in [0.717, 1.165) is 0 Å². The topological polar surface area (TPSA) is 89.4 Å². The lowest BCUT2D eigenvalue weighted by Crippen LogP contribution is -2.42. The number of carboxylic acids is 1. The lowest BCUT2D eigenvalue weighted by Gasteiger charge is -2.25. The summed E-state index contributed by atoms with van der Waals surface area (Å²) in [7, 11) is 0. The summed E-state index contributed by atoms with van der Waals surface area (Å²) in [4.78, 5) is 31.2. The van der Waals surface area contributed by atoms with Gasteiger partial charge in [-0.3, -0.25) is 14.6 Å². The van der Waals surface area contributed by atoms with Gasteiger partial charge in [0.1, 0.15) is 5.15 Å². The summed E-state index contributed by atoms with van der Waals surface area (Å²) in [5.74, 6) is -1.99. The maximum absolute atomic E-state index is 11.9. The van der Waals surface area contributed by atoms with E-state index in [1.165, 1.54) is 12.4 Å². The van der Waals surface area contributed by atoms with Crippen LogP contribution >= 0.6 is 11.6 Å². The number of esters is 1. The molecule has 0 aromatic carbocycles. The molecule has 7 heteroatoms. The van der Waals surface area contributed by atoms with Crippen LogP contribution in [-0.2, 0) is 20.7 Å². The Hall–Kier alpha value is -1.69. The minimum Gasteiger partial charge on any atom is -0.480 e. The molecule has 0 saturated carbocycles. The minimum atomic E-state index is -1.64. The molecule has 0 bridgehead atoms. The predicted molar refractivity (Wildman–Crippen MR) is 67.7 cm³/mol. The molecule has 6 nitrogen and oxygen atoms in total. The van der Waals surface area contributed by atoms with Crippen LogP contribution in [0.4, 0.5) is 0 Å². The van der Waals surface area contributed by atoms with Gasteiger partial charge in [0.2, 0.25) is 0 Å². The van der Waals surface area contributed by atoms with Crippen LogP contribution in [0.15, 0.2) is 12.4 Å². The monoisotopic (exact) mass is 286 g/mol. The van der Waals surface area contributed by atoms with Crippen molar-refractivity contribution in [3.8, 4) is 0 Å². The van der Waals surface area contributed by atoms with Crippen LogP contribution in [0, 0.1) is 5.41 Å². The second-order valence-corrected chi connectivity index (χ2v) is 4.36. The lowest BCUT2D eigenvalue weighted by atomic mass is 9.80. The standard InChI is InChI=1S/C12H15ClN2O4/c1-3-12(10(16)17,11(18)19-4-2)5-8-6-15-9(13)7-14-8/h6-7H,3-5H2,1-2H3,(H,16,17). The Balaban J connectivity index is 3.06. The third kappa shape index (κ3) is 3.41. The zero-order valence-electron chi connectivity index (χ0n) is 10.7. The largest absolute Gasteiger partial charge is 0.480 e. The smallest absolute Gasteiger partial charge is 0.323 e. The third-order valence-corrected chi connectivity index (χ3v) is 3.03. The van der Waals surface area contributed by atoms with E-state index in [9.17, 15) is 14.7 Å². The van der Waals surface area contributed by atoms with Gasteiger partial charge < -0.3 is 9.84 Å². The summed E-state index contributed by atoms with van der Waals surface area (Å²) in [5.41, 5.74) is -1.26. The molecule has 1 atom stereocenters. The van der Waals surface area contributed by atoms with E-state index >= 15 is 0 Å². The summed E-state index contributed by atoms with van der Waals surface area (Å²) < 4.78 is 4.86. The first-order valence-electron chi connectivity index (χ1n) is 5.83. The van der Waals surface area contributed by atoms with Crippen molar-refractivity contribution in [1.82, 2.24) is 9.97 Å². The molecule has 104 valence electrons. The van der Waals surface area contributed by atoms with Gasteiger partial charge in [-0.15, -0.1) is 0 Å². The number of carbonyl (C=O) groups is 2. The van der Waals surface area contributed by atoms with Crippen molar-refractivity contribution in [3.05, 3.63) is 23.2 Å². The Labute approximate surface area is 115 Å².